The third-order valence-corrected chi connectivity index (χ3v) is 4.70. The highest BCUT2D eigenvalue weighted by Crippen LogP contribution is 2.29. The highest BCUT2D eigenvalue weighted by atomic mass is 32.2. The number of allylic oxidation sites excluding steroid dienone is 1. The summed E-state index contributed by atoms with van der Waals surface area (Å²) in [6, 6.07) is 6.08. The molecule has 0 N–H and O–H groups in total. The van der Waals surface area contributed by atoms with Gasteiger partial charge < -0.3 is 4.74 Å². The Morgan fingerprint density at radius 1 is 1.36 bits per heavy atom. The number of benzene rings is 1. The van der Waals surface area contributed by atoms with Crippen LogP contribution in [0.2, 0.25) is 0 Å². The van der Waals surface area contributed by atoms with Crippen molar-refractivity contribution in [1.82, 2.24) is 14.8 Å². The van der Waals surface area contributed by atoms with Gasteiger partial charge in [-0.05, 0) is 37.6 Å². The van der Waals surface area contributed by atoms with Gasteiger partial charge in [0.1, 0.15) is 11.1 Å². The van der Waals surface area contributed by atoms with E-state index in [0.717, 1.165) is 12.0 Å². The molecule has 25 heavy (non-hydrogen) atoms. The third kappa shape index (κ3) is 4.92. The van der Waals surface area contributed by atoms with E-state index in [9.17, 15) is 9.18 Å². The third-order valence-electron chi connectivity index (χ3n) is 3.48. The van der Waals surface area contributed by atoms with Crippen LogP contribution in [0.15, 0.2) is 42.1 Å². The predicted molar refractivity (Wildman–Crippen MR) is 96.8 cm³/mol. The molecule has 7 heteroatoms. The summed E-state index contributed by atoms with van der Waals surface area (Å²) in [7, 11) is 0. The van der Waals surface area contributed by atoms with Crippen molar-refractivity contribution in [3.63, 3.8) is 0 Å². The maximum Gasteiger partial charge on any atom is 0.319 e. The number of hydrogen-bond acceptors (Lipinski definition) is 5. The van der Waals surface area contributed by atoms with Gasteiger partial charge in [-0.1, -0.05) is 31.2 Å². The van der Waals surface area contributed by atoms with E-state index in [1.54, 1.807) is 25.1 Å². The van der Waals surface area contributed by atoms with Crippen molar-refractivity contribution < 1.29 is 13.9 Å². The average molecular weight is 363 g/mol. The summed E-state index contributed by atoms with van der Waals surface area (Å²) in [5.74, 6) is 0.0609. The fourth-order valence-electron chi connectivity index (χ4n) is 2.33. The second kappa shape index (κ2) is 9.36. The van der Waals surface area contributed by atoms with Crippen molar-refractivity contribution >= 4 is 17.7 Å². The molecule has 2 rings (SSSR count). The molecule has 0 aliphatic carbocycles. The Kier molecular flexibility index (Phi) is 7.18. The van der Waals surface area contributed by atoms with Crippen LogP contribution < -0.4 is 0 Å². The van der Waals surface area contributed by atoms with Gasteiger partial charge in [-0.15, -0.1) is 16.8 Å². The summed E-state index contributed by atoms with van der Waals surface area (Å²) in [6.45, 7) is 8.41. The van der Waals surface area contributed by atoms with Crippen LogP contribution in [0.1, 0.15) is 26.7 Å². The van der Waals surface area contributed by atoms with E-state index in [2.05, 4.69) is 16.8 Å². The van der Waals surface area contributed by atoms with Crippen LogP contribution in [0.5, 0.6) is 0 Å². The highest BCUT2D eigenvalue weighted by Gasteiger charge is 2.24. The molecule has 0 radical (unpaired) electrons. The number of carbonyl (C=O) groups is 1. The van der Waals surface area contributed by atoms with Crippen molar-refractivity contribution in [2.45, 2.75) is 43.6 Å². The van der Waals surface area contributed by atoms with E-state index < -0.39 is 0 Å². The SMILES string of the molecule is C=CCn1c(SC(CCC)C(=O)OCC)nnc1-c1ccc(F)cc1. The molecule has 1 aromatic carbocycles. The van der Waals surface area contributed by atoms with E-state index in [0.29, 0.717) is 30.6 Å². The van der Waals surface area contributed by atoms with Crippen molar-refractivity contribution in [3.05, 3.63) is 42.7 Å². The number of thioether (sulfide) groups is 1. The quantitative estimate of drug-likeness (QED) is 0.381. The monoisotopic (exact) mass is 363 g/mol. The van der Waals surface area contributed by atoms with Crippen LogP contribution in [-0.2, 0) is 16.1 Å². The molecule has 1 aromatic heterocycles. The Balaban J connectivity index is 2.32. The highest BCUT2D eigenvalue weighted by molar-refractivity contribution is 8.00. The van der Waals surface area contributed by atoms with Gasteiger partial charge in [0.2, 0.25) is 0 Å². The lowest BCUT2D eigenvalue weighted by Gasteiger charge is -2.14. The first-order valence-corrected chi connectivity index (χ1v) is 9.12. The number of esters is 1. The molecule has 1 unspecified atom stereocenters. The Morgan fingerprint density at radius 2 is 2.08 bits per heavy atom. The van der Waals surface area contributed by atoms with Crippen LogP contribution in [-0.4, -0.2) is 32.6 Å². The van der Waals surface area contributed by atoms with Gasteiger partial charge in [-0.2, -0.15) is 0 Å². The van der Waals surface area contributed by atoms with Gasteiger partial charge in [0.05, 0.1) is 6.61 Å². The van der Waals surface area contributed by atoms with E-state index in [-0.39, 0.29) is 17.0 Å². The zero-order valence-electron chi connectivity index (χ0n) is 14.4. The largest absolute Gasteiger partial charge is 0.465 e. The van der Waals surface area contributed by atoms with Gasteiger partial charge in [0.25, 0.3) is 0 Å². The van der Waals surface area contributed by atoms with E-state index >= 15 is 0 Å². The molecular weight excluding hydrogens is 341 g/mol. The Morgan fingerprint density at radius 3 is 2.68 bits per heavy atom. The Labute approximate surface area is 151 Å². The molecule has 0 fully saturated rings. The maximum absolute atomic E-state index is 13.2. The predicted octanol–water partition coefficient (Wildman–Crippen LogP) is 4.09. The minimum Gasteiger partial charge on any atom is -0.465 e. The molecule has 1 atom stereocenters. The summed E-state index contributed by atoms with van der Waals surface area (Å²) >= 11 is 1.34. The number of nitrogens with zero attached hydrogens (tertiary/aromatic N) is 3. The first kappa shape index (κ1) is 19.2. The van der Waals surface area contributed by atoms with Crippen molar-refractivity contribution in [2.75, 3.05) is 6.61 Å². The number of hydrogen-bond donors (Lipinski definition) is 0. The van der Waals surface area contributed by atoms with E-state index in [4.69, 9.17) is 4.74 Å². The van der Waals surface area contributed by atoms with Gasteiger partial charge in [-0.3, -0.25) is 9.36 Å². The lowest BCUT2D eigenvalue weighted by Crippen LogP contribution is -2.21. The first-order chi connectivity index (χ1) is 12.1. The summed E-state index contributed by atoms with van der Waals surface area (Å²) in [6.07, 6.45) is 3.28. The molecule has 0 amide bonds. The standard InChI is InChI=1S/C18H22FN3O2S/c1-4-7-15(17(23)24-6-3)25-18-21-20-16(22(18)12-5-2)13-8-10-14(19)11-9-13/h5,8-11,15H,2,4,6-7,12H2,1,3H3. The Hall–Kier alpha value is -2.15. The van der Waals surface area contributed by atoms with Gasteiger partial charge in [0, 0.05) is 12.1 Å². The van der Waals surface area contributed by atoms with Crippen molar-refractivity contribution in [1.29, 1.82) is 0 Å². The van der Waals surface area contributed by atoms with Gasteiger partial charge in [0.15, 0.2) is 11.0 Å². The lowest BCUT2D eigenvalue weighted by atomic mass is 10.2. The van der Waals surface area contributed by atoms with Crippen molar-refractivity contribution in [3.8, 4) is 11.4 Å². The fourth-order valence-corrected chi connectivity index (χ4v) is 3.48. The minimum absolute atomic E-state index is 0.245. The molecule has 1 heterocycles. The van der Waals surface area contributed by atoms with Crippen LogP contribution in [0.25, 0.3) is 11.4 Å². The number of carbonyl (C=O) groups excluding carboxylic acids is 1. The van der Waals surface area contributed by atoms with Crippen molar-refractivity contribution in [2.24, 2.45) is 0 Å². The van der Waals surface area contributed by atoms with Crippen LogP contribution >= 0.6 is 11.8 Å². The van der Waals surface area contributed by atoms with Gasteiger partial charge >= 0.3 is 5.97 Å². The molecule has 0 spiro atoms. The fraction of sp³-hybridized carbons (Fsp3) is 0.389. The molecule has 0 saturated heterocycles. The summed E-state index contributed by atoms with van der Waals surface area (Å²) in [4.78, 5) is 12.2. The van der Waals surface area contributed by atoms with Crippen LogP contribution in [0, 0.1) is 5.82 Å². The van der Waals surface area contributed by atoms with E-state index in [1.165, 1.54) is 23.9 Å². The van der Waals surface area contributed by atoms with Crippen LogP contribution in [0.3, 0.4) is 0 Å². The van der Waals surface area contributed by atoms with E-state index in [1.807, 2.05) is 11.5 Å². The normalized spacial score (nSPS) is 12.0. The first-order valence-electron chi connectivity index (χ1n) is 8.24. The molecule has 0 aliphatic rings. The summed E-state index contributed by atoms with van der Waals surface area (Å²) in [5.41, 5.74) is 0.755. The molecule has 0 bridgehead atoms. The topological polar surface area (TPSA) is 57.0 Å². The lowest BCUT2D eigenvalue weighted by molar-refractivity contribution is -0.142. The maximum atomic E-state index is 13.2. The summed E-state index contributed by atoms with van der Waals surface area (Å²) < 4.78 is 20.2. The second-order valence-corrected chi connectivity index (χ2v) is 6.53. The molecule has 134 valence electrons. The molecule has 0 saturated carbocycles. The average Bonchev–Trinajstić information content (AvgIpc) is 2.98. The molecular formula is C18H22FN3O2S. The molecule has 2 aromatic rings. The zero-order valence-corrected chi connectivity index (χ0v) is 15.3. The zero-order chi connectivity index (χ0) is 18.2. The minimum atomic E-state index is -0.334. The van der Waals surface area contributed by atoms with Gasteiger partial charge in [-0.25, -0.2) is 4.39 Å². The number of halogens is 1. The smallest absolute Gasteiger partial charge is 0.319 e. The number of ether oxygens (including phenoxy) is 1. The van der Waals surface area contributed by atoms with Crippen LogP contribution in [0.4, 0.5) is 4.39 Å². The Bertz CT molecular complexity index is 716. The number of aromatic nitrogens is 3. The second-order valence-electron chi connectivity index (χ2n) is 5.36. The number of rotatable bonds is 9. The molecule has 0 aliphatic heterocycles. The summed E-state index contributed by atoms with van der Waals surface area (Å²) in [5, 5.41) is 8.73. The molecule has 5 nitrogen and oxygen atoms in total.